The second kappa shape index (κ2) is 8.65. The smallest absolute Gasteiger partial charge is 0.271 e. The zero-order valence-corrected chi connectivity index (χ0v) is 15.3. The van der Waals surface area contributed by atoms with Crippen LogP contribution in [0.15, 0.2) is 60.9 Å². The van der Waals surface area contributed by atoms with Gasteiger partial charge in [0.05, 0.1) is 12.4 Å². The highest BCUT2D eigenvalue weighted by atomic mass is 35.5. The van der Waals surface area contributed by atoms with Crippen molar-refractivity contribution in [2.45, 2.75) is 6.42 Å². The van der Waals surface area contributed by atoms with Gasteiger partial charge in [-0.05, 0) is 48.4 Å². The summed E-state index contributed by atoms with van der Waals surface area (Å²) in [5, 5.41) is 7.26. The molecule has 0 fully saturated rings. The largest absolute Gasteiger partial charge is 0.350 e. The predicted octanol–water partition coefficient (Wildman–Crippen LogP) is 4.50. The van der Waals surface area contributed by atoms with Crippen LogP contribution in [0.5, 0.6) is 0 Å². The van der Waals surface area contributed by atoms with Crippen LogP contribution in [0.3, 0.4) is 0 Å². The number of halogens is 2. The van der Waals surface area contributed by atoms with Crippen LogP contribution in [-0.2, 0) is 6.42 Å². The molecule has 3 rings (SSSR count). The van der Waals surface area contributed by atoms with E-state index in [4.69, 9.17) is 23.2 Å². The summed E-state index contributed by atoms with van der Waals surface area (Å²) in [6.07, 6.45) is 3.64. The lowest BCUT2D eigenvalue weighted by molar-refractivity contribution is 0.0949. The van der Waals surface area contributed by atoms with Crippen molar-refractivity contribution >= 4 is 40.6 Å². The topological polar surface area (TPSA) is 66.9 Å². The minimum absolute atomic E-state index is 0.262. The maximum atomic E-state index is 12.1. The monoisotopic (exact) mass is 386 g/mol. The van der Waals surface area contributed by atoms with Gasteiger partial charge < -0.3 is 10.6 Å². The molecule has 0 aliphatic rings. The molecular formula is C19H16Cl2N4O. The number of amides is 1. The van der Waals surface area contributed by atoms with Crippen molar-refractivity contribution in [3.05, 3.63) is 82.2 Å². The van der Waals surface area contributed by atoms with Crippen LogP contribution in [0.2, 0.25) is 10.0 Å². The Morgan fingerprint density at radius 3 is 2.46 bits per heavy atom. The van der Waals surface area contributed by atoms with Gasteiger partial charge in [-0.25, -0.2) is 9.97 Å². The number of benzene rings is 2. The molecule has 0 radical (unpaired) electrons. The van der Waals surface area contributed by atoms with E-state index >= 15 is 0 Å². The molecule has 0 aliphatic heterocycles. The van der Waals surface area contributed by atoms with Gasteiger partial charge in [0.1, 0.15) is 11.5 Å². The number of nitrogens with one attached hydrogen (secondary N) is 2. The maximum Gasteiger partial charge on any atom is 0.271 e. The number of hydrogen-bond acceptors (Lipinski definition) is 4. The molecule has 0 bridgehead atoms. The van der Waals surface area contributed by atoms with Crippen molar-refractivity contribution in [1.82, 2.24) is 15.3 Å². The Bertz CT molecular complexity index is 883. The third-order valence-corrected chi connectivity index (χ3v) is 4.08. The van der Waals surface area contributed by atoms with Crippen molar-refractivity contribution in [3.8, 4) is 0 Å². The van der Waals surface area contributed by atoms with E-state index in [1.807, 2.05) is 36.4 Å². The zero-order valence-electron chi connectivity index (χ0n) is 13.7. The summed E-state index contributed by atoms with van der Waals surface area (Å²) in [6.45, 7) is 0.492. The number of anilines is 2. The van der Waals surface area contributed by atoms with E-state index in [0.717, 1.165) is 11.3 Å². The fourth-order valence-corrected chi connectivity index (χ4v) is 2.63. The van der Waals surface area contributed by atoms with Gasteiger partial charge in [-0.3, -0.25) is 4.79 Å². The van der Waals surface area contributed by atoms with Gasteiger partial charge in [-0.1, -0.05) is 35.3 Å². The van der Waals surface area contributed by atoms with E-state index < -0.39 is 0 Å². The second-order valence-corrected chi connectivity index (χ2v) is 6.43. The van der Waals surface area contributed by atoms with Crippen molar-refractivity contribution in [1.29, 1.82) is 0 Å². The summed E-state index contributed by atoms with van der Waals surface area (Å²) in [5.74, 6) is 0.278. The van der Waals surface area contributed by atoms with Crippen LogP contribution in [0, 0.1) is 0 Å². The molecule has 0 saturated carbocycles. The van der Waals surface area contributed by atoms with Crippen molar-refractivity contribution in [2.75, 3.05) is 11.9 Å². The van der Waals surface area contributed by atoms with Gasteiger partial charge in [-0.2, -0.15) is 0 Å². The van der Waals surface area contributed by atoms with E-state index in [0.29, 0.717) is 28.8 Å². The summed E-state index contributed by atoms with van der Waals surface area (Å²) in [7, 11) is 0. The molecule has 0 saturated heterocycles. The minimum Gasteiger partial charge on any atom is -0.350 e. The van der Waals surface area contributed by atoms with Crippen LogP contribution < -0.4 is 10.6 Å². The maximum absolute atomic E-state index is 12.1. The number of aromatic nitrogens is 2. The van der Waals surface area contributed by atoms with Gasteiger partial charge >= 0.3 is 0 Å². The van der Waals surface area contributed by atoms with E-state index in [-0.39, 0.29) is 11.6 Å². The van der Waals surface area contributed by atoms with E-state index in [9.17, 15) is 4.79 Å². The summed E-state index contributed by atoms with van der Waals surface area (Å²) in [5.41, 5.74) is 2.16. The summed E-state index contributed by atoms with van der Waals surface area (Å²) in [4.78, 5) is 20.5. The Hall–Kier alpha value is -2.63. The summed E-state index contributed by atoms with van der Waals surface area (Å²) in [6, 6.07) is 14.8. The van der Waals surface area contributed by atoms with E-state index in [1.54, 1.807) is 12.1 Å². The third-order valence-electron chi connectivity index (χ3n) is 3.59. The van der Waals surface area contributed by atoms with Crippen molar-refractivity contribution in [3.63, 3.8) is 0 Å². The standard InChI is InChI=1S/C19H16Cl2N4O/c20-14-4-6-16(7-5-14)25-18-12-23-17(11-24-18)19(26)22-9-8-13-2-1-3-15(21)10-13/h1-7,10-12H,8-9H2,(H,22,26)(H,24,25). The number of carbonyl (C=O) groups excluding carboxylic acids is 1. The number of nitrogens with zero attached hydrogens (tertiary/aromatic N) is 2. The molecule has 0 aliphatic carbocycles. The fourth-order valence-electron chi connectivity index (χ4n) is 2.29. The first-order valence-electron chi connectivity index (χ1n) is 7.97. The van der Waals surface area contributed by atoms with Crippen LogP contribution >= 0.6 is 23.2 Å². The Balaban J connectivity index is 1.52. The molecule has 1 aromatic heterocycles. The van der Waals surface area contributed by atoms with Crippen molar-refractivity contribution < 1.29 is 4.79 Å². The quantitative estimate of drug-likeness (QED) is 0.654. The Morgan fingerprint density at radius 2 is 1.77 bits per heavy atom. The average molecular weight is 387 g/mol. The first-order chi connectivity index (χ1) is 12.6. The lowest BCUT2D eigenvalue weighted by Gasteiger charge is -2.07. The van der Waals surface area contributed by atoms with Gasteiger partial charge in [0.2, 0.25) is 0 Å². The van der Waals surface area contributed by atoms with Crippen LogP contribution in [0.4, 0.5) is 11.5 Å². The third kappa shape index (κ3) is 5.18. The van der Waals surface area contributed by atoms with Gasteiger partial charge in [0, 0.05) is 22.3 Å². The molecule has 26 heavy (non-hydrogen) atoms. The van der Waals surface area contributed by atoms with E-state index in [1.165, 1.54) is 12.4 Å². The van der Waals surface area contributed by atoms with Crippen molar-refractivity contribution in [2.24, 2.45) is 0 Å². The molecule has 0 atom stereocenters. The molecule has 7 heteroatoms. The molecule has 5 nitrogen and oxygen atoms in total. The van der Waals surface area contributed by atoms with Crippen LogP contribution in [0.1, 0.15) is 16.1 Å². The first-order valence-corrected chi connectivity index (χ1v) is 8.73. The zero-order chi connectivity index (χ0) is 18.4. The van der Waals surface area contributed by atoms with Crippen LogP contribution in [0.25, 0.3) is 0 Å². The highest BCUT2D eigenvalue weighted by Gasteiger charge is 2.08. The number of rotatable bonds is 6. The van der Waals surface area contributed by atoms with Gasteiger partial charge in [0.25, 0.3) is 5.91 Å². The number of carbonyl (C=O) groups is 1. The molecule has 1 amide bonds. The molecule has 2 aromatic carbocycles. The molecule has 132 valence electrons. The van der Waals surface area contributed by atoms with Gasteiger partial charge in [-0.15, -0.1) is 0 Å². The molecular weight excluding hydrogens is 371 g/mol. The fraction of sp³-hybridized carbons (Fsp3) is 0.105. The highest BCUT2D eigenvalue weighted by Crippen LogP contribution is 2.17. The first kappa shape index (κ1) is 18.2. The molecule has 1 heterocycles. The lowest BCUT2D eigenvalue weighted by Crippen LogP contribution is -2.26. The summed E-state index contributed by atoms with van der Waals surface area (Å²) >= 11 is 11.8. The van der Waals surface area contributed by atoms with Gasteiger partial charge in [0.15, 0.2) is 0 Å². The molecule has 0 spiro atoms. The number of hydrogen-bond donors (Lipinski definition) is 2. The van der Waals surface area contributed by atoms with E-state index in [2.05, 4.69) is 20.6 Å². The highest BCUT2D eigenvalue weighted by molar-refractivity contribution is 6.30. The lowest BCUT2D eigenvalue weighted by atomic mass is 10.1. The Morgan fingerprint density at radius 1 is 0.962 bits per heavy atom. The Labute approximate surface area is 161 Å². The predicted molar refractivity (Wildman–Crippen MR) is 104 cm³/mol. The average Bonchev–Trinajstić information content (AvgIpc) is 2.64. The minimum atomic E-state index is -0.266. The molecule has 0 unspecified atom stereocenters. The normalized spacial score (nSPS) is 10.4. The Kier molecular flexibility index (Phi) is 6.04. The summed E-state index contributed by atoms with van der Waals surface area (Å²) < 4.78 is 0. The molecule has 2 N–H and O–H groups in total. The SMILES string of the molecule is O=C(NCCc1cccc(Cl)c1)c1cnc(Nc2ccc(Cl)cc2)cn1. The molecule has 3 aromatic rings. The second-order valence-electron chi connectivity index (χ2n) is 5.55. The van der Waals surface area contributed by atoms with Crippen LogP contribution in [-0.4, -0.2) is 22.4 Å².